The third kappa shape index (κ3) is 6.30. The van der Waals surface area contributed by atoms with Crippen molar-refractivity contribution in [3.63, 3.8) is 0 Å². The van der Waals surface area contributed by atoms with Crippen LogP contribution in [0.5, 0.6) is 0 Å². The molecule has 4 aliphatic carbocycles. The van der Waals surface area contributed by atoms with Crippen LogP contribution in [0.4, 0.5) is 0 Å². The van der Waals surface area contributed by atoms with Crippen LogP contribution in [0.1, 0.15) is 99.8 Å². The van der Waals surface area contributed by atoms with Gasteiger partial charge in [0.15, 0.2) is 0 Å². The molecule has 0 aromatic heterocycles. The van der Waals surface area contributed by atoms with Crippen LogP contribution < -0.4 is 0 Å². The summed E-state index contributed by atoms with van der Waals surface area (Å²) < 4.78 is 29.0. The van der Waals surface area contributed by atoms with Gasteiger partial charge < -0.3 is 23.7 Å². The number of hydrogen-bond donors (Lipinski definition) is 0. The second-order valence-corrected chi connectivity index (χ2v) is 14.0. The van der Waals surface area contributed by atoms with E-state index in [-0.39, 0.29) is 71.0 Å². The second kappa shape index (κ2) is 12.8. The van der Waals surface area contributed by atoms with Crippen molar-refractivity contribution in [1.82, 2.24) is 0 Å². The summed E-state index contributed by atoms with van der Waals surface area (Å²) in [7, 11) is 1.39. The minimum absolute atomic E-state index is 0.0125. The molecule has 10 nitrogen and oxygen atoms in total. The van der Waals surface area contributed by atoms with Gasteiger partial charge in [-0.05, 0) is 74.0 Å². The maximum Gasteiger partial charge on any atom is 0.305 e. The van der Waals surface area contributed by atoms with E-state index in [1.807, 2.05) is 0 Å². The maximum atomic E-state index is 12.7. The van der Waals surface area contributed by atoms with Gasteiger partial charge in [0.2, 0.25) is 0 Å². The van der Waals surface area contributed by atoms with E-state index in [4.69, 9.17) is 23.7 Å². The Morgan fingerprint density at radius 2 is 1.35 bits per heavy atom. The SMILES string of the molecule is COC(=O)CCC(C)C1CCC2C3C(OC(C)=O)[C@H](OC(C)=O)[C@@H]4C[C@H](OC(C)=O)CCC4(C)C3C[C@H](OC(C)=O)C12C. The molecule has 0 N–H and O–H groups in total. The van der Waals surface area contributed by atoms with Gasteiger partial charge in [0.25, 0.3) is 0 Å². The average molecular weight is 607 g/mol. The topological polar surface area (TPSA) is 132 Å². The fourth-order valence-corrected chi connectivity index (χ4v) is 10.1. The molecule has 8 unspecified atom stereocenters. The molecule has 10 heteroatoms. The normalized spacial score (nSPS) is 40.5. The Bertz CT molecular complexity index is 1100. The van der Waals surface area contributed by atoms with Crippen molar-refractivity contribution in [1.29, 1.82) is 0 Å². The zero-order valence-corrected chi connectivity index (χ0v) is 27.0. The van der Waals surface area contributed by atoms with Gasteiger partial charge in [-0.3, -0.25) is 24.0 Å². The van der Waals surface area contributed by atoms with Gasteiger partial charge in [-0.15, -0.1) is 0 Å². The predicted octanol–water partition coefficient (Wildman–Crippen LogP) is 4.79. The van der Waals surface area contributed by atoms with Crippen molar-refractivity contribution in [2.24, 2.45) is 46.3 Å². The van der Waals surface area contributed by atoms with Crippen LogP contribution in [0.25, 0.3) is 0 Å². The number of carbonyl (C=O) groups excluding carboxylic acids is 5. The first-order valence-electron chi connectivity index (χ1n) is 15.9. The van der Waals surface area contributed by atoms with E-state index in [2.05, 4.69) is 20.8 Å². The van der Waals surface area contributed by atoms with Crippen LogP contribution in [0.2, 0.25) is 0 Å². The summed E-state index contributed by atoms with van der Waals surface area (Å²) in [5, 5.41) is 0. The van der Waals surface area contributed by atoms with Gasteiger partial charge in [0, 0.05) is 51.4 Å². The van der Waals surface area contributed by atoms with E-state index < -0.39 is 29.6 Å². The van der Waals surface area contributed by atoms with E-state index in [9.17, 15) is 24.0 Å². The summed E-state index contributed by atoms with van der Waals surface area (Å²) in [6.07, 6.45) is 3.09. The third-order valence-electron chi connectivity index (χ3n) is 11.8. The van der Waals surface area contributed by atoms with Gasteiger partial charge >= 0.3 is 29.8 Å². The van der Waals surface area contributed by atoms with Crippen molar-refractivity contribution < 1.29 is 47.7 Å². The molecule has 4 aliphatic rings. The van der Waals surface area contributed by atoms with Crippen LogP contribution in [0.15, 0.2) is 0 Å². The van der Waals surface area contributed by atoms with Gasteiger partial charge in [-0.1, -0.05) is 20.8 Å². The Balaban J connectivity index is 1.80. The molecule has 0 aliphatic heterocycles. The van der Waals surface area contributed by atoms with Crippen molar-refractivity contribution in [3.8, 4) is 0 Å². The summed E-state index contributed by atoms with van der Waals surface area (Å²) >= 11 is 0. The molecular formula is C33H50O10. The lowest BCUT2D eigenvalue weighted by Gasteiger charge is -2.65. The molecule has 0 radical (unpaired) electrons. The summed E-state index contributed by atoms with van der Waals surface area (Å²) in [4.78, 5) is 61.7. The molecular weight excluding hydrogens is 556 g/mol. The van der Waals surface area contributed by atoms with Crippen molar-refractivity contribution in [3.05, 3.63) is 0 Å². The molecule has 0 heterocycles. The molecule has 43 heavy (non-hydrogen) atoms. The molecule has 4 rings (SSSR count). The molecule has 0 saturated heterocycles. The fourth-order valence-electron chi connectivity index (χ4n) is 10.1. The lowest BCUT2D eigenvalue weighted by molar-refractivity contribution is -0.258. The molecule has 242 valence electrons. The fraction of sp³-hybridized carbons (Fsp3) is 0.848. The number of ether oxygens (including phenoxy) is 5. The van der Waals surface area contributed by atoms with E-state index >= 15 is 0 Å². The monoisotopic (exact) mass is 606 g/mol. The van der Waals surface area contributed by atoms with Gasteiger partial charge in [0.1, 0.15) is 24.4 Å². The quantitative estimate of drug-likeness (QED) is 0.281. The van der Waals surface area contributed by atoms with E-state index in [1.165, 1.54) is 34.8 Å². The summed E-state index contributed by atoms with van der Waals surface area (Å²) in [6, 6.07) is 0. The van der Waals surface area contributed by atoms with Gasteiger partial charge in [-0.25, -0.2) is 0 Å². The molecule has 0 aromatic carbocycles. The smallest absolute Gasteiger partial charge is 0.305 e. The first-order valence-corrected chi connectivity index (χ1v) is 15.9. The number of rotatable bonds is 8. The van der Waals surface area contributed by atoms with Gasteiger partial charge in [0.05, 0.1) is 7.11 Å². The molecule has 4 saturated carbocycles. The van der Waals surface area contributed by atoms with E-state index in [1.54, 1.807) is 0 Å². The number of carbonyl (C=O) groups is 5. The summed E-state index contributed by atoms with van der Waals surface area (Å²) in [6.45, 7) is 12.2. The predicted molar refractivity (Wildman–Crippen MR) is 154 cm³/mol. The Hall–Kier alpha value is -2.65. The average Bonchev–Trinajstić information content (AvgIpc) is 3.27. The lowest BCUT2D eigenvalue weighted by atomic mass is 9.42. The first kappa shape index (κ1) is 33.2. The summed E-state index contributed by atoms with van der Waals surface area (Å²) in [5.74, 6) is -1.84. The number of methoxy groups -OCH3 is 1. The Labute approximate surface area is 255 Å². The largest absolute Gasteiger partial charge is 0.469 e. The third-order valence-corrected chi connectivity index (χ3v) is 11.8. The highest BCUT2D eigenvalue weighted by Crippen LogP contribution is 2.69. The van der Waals surface area contributed by atoms with Crippen molar-refractivity contribution in [2.75, 3.05) is 7.11 Å². The van der Waals surface area contributed by atoms with Crippen molar-refractivity contribution in [2.45, 2.75) is 124 Å². The summed E-state index contributed by atoms with van der Waals surface area (Å²) in [5.41, 5.74) is -0.786. The minimum atomic E-state index is -0.698. The van der Waals surface area contributed by atoms with Gasteiger partial charge in [-0.2, -0.15) is 0 Å². The van der Waals surface area contributed by atoms with Crippen LogP contribution in [0.3, 0.4) is 0 Å². The van der Waals surface area contributed by atoms with Crippen LogP contribution in [0, 0.1) is 46.3 Å². The highest BCUT2D eigenvalue weighted by molar-refractivity contribution is 5.69. The zero-order chi connectivity index (χ0) is 31.9. The lowest BCUT2D eigenvalue weighted by Crippen LogP contribution is -2.68. The molecule has 0 spiro atoms. The minimum Gasteiger partial charge on any atom is -0.469 e. The Morgan fingerprint density at radius 1 is 0.744 bits per heavy atom. The second-order valence-electron chi connectivity index (χ2n) is 14.0. The molecule has 0 bridgehead atoms. The van der Waals surface area contributed by atoms with Crippen LogP contribution >= 0.6 is 0 Å². The highest BCUT2D eigenvalue weighted by atomic mass is 16.6. The number of fused-ring (bicyclic) bond motifs is 5. The number of esters is 5. The Kier molecular flexibility index (Phi) is 9.86. The zero-order valence-electron chi connectivity index (χ0n) is 27.0. The van der Waals surface area contributed by atoms with Crippen LogP contribution in [-0.2, 0) is 47.7 Å². The Morgan fingerprint density at radius 3 is 1.93 bits per heavy atom. The first-order chi connectivity index (χ1) is 20.1. The molecule has 0 aromatic rings. The maximum absolute atomic E-state index is 12.7. The standard InChI is InChI=1S/C33H50O10/c1-17(9-12-28(38)39-8)23-10-11-24-29-25(16-27(33(23,24)7)41-19(3)35)32(6)14-13-22(40-18(2)34)15-26(32)30(42-20(4)36)31(29)43-21(5)37/h17,22-27,29-31H,9-16H2,1-8H3/t17?,22-,23?,24?,25?,26+,27+,29?,30-,31?,32?,33?/m1/s1. The molecule has 4 fully saturated rings. The van der Waals surface area contributed by atoms with Crippen molar-refractivity contribution >= 4 is 29.8 Å². The highest BCUT2D eigenvalue weighted by Gasteiger charge is 2.70. The van der Waals surface area contributed by atoms with E-state index in [0.29, 0.717) is 32.1 Å². The molecule has 12 atom stereocenters. The van der Waals surface area contributed by atoms with E-state index in [0.717, 1.165) is 19.3 Å². The number of hydrogen-bond acceptors (Lipinski definition) is 10. The van der Waals surface area contributed by atoms with Crippen LogP contribution in [-0.4, -0.2) is 61.4 Å². The molecule has 0 amide bonds.